The average molecular weight is 724 g/mol. The van der Waals surface area contributed by atoms with E-state index in [1.807, 2.05) is 78.8 Å². The summed E-state index contributed by atoms with van der Waals surface area (Å²) in [6.45, 7) is 6.40. The van der Waals surface area contributed by atoms with Gasteiger partial charge in [0.25, 0.3) is 11.8 Å². The molecule has 3 heterocycles. The molecule has 278 valence electrons. The van der Waals surface area contributed by atoms with Gasteiger partial charge in [-0.2, -0.15) is 0 Å². The van der Waals surface area contributed by atoms with Gasteiger partial charge in [0.05, 0.1) is 12.0 Å². The number of rotatable bonds is 8. The number of carbonyl (C=O) groups is 3. The third-order valence-corrected chi connectivity index (χ3v) is 11.2. The van der Waals surface area contributed by atoms with Crippen LogP contribution in [0.1, 0.15) is 66.7 Å². The number of carbonyl (C=O) groups excluding carboxylic acids is 3. The summed E-state index contributed by atoms with van der Waals surface area (Å²) in [5.74, 6) is -0.0531. The maximum atomic E-state index is 14.8. The molecule has 54 heavy (non-hydrogen) atoms. The Morgan fingerprint density at radius 1 is 0.796 bits per heavy atom. The Morgan fingerprint density at radius 3 is 2.19 bits per heavy atom. The molecule has 1 atom stereocenters. The van der Waals surface area contributed by atoms with Crippen molar-refractivity contribution in [2.45, 2.75) is 58.8 Å². The first kappa shape index (κ1) is 36.7. The lowest BCUT2D eigenvalue weighted by atomic mass is 9.89. The molecule has 0 radical (unpaired) electrons. The number of nitrogens with zero attached hydrogens (tertiary/aromatic N) is 5. The minimum absolute atomic E-state index is 0.00952. The zero-order valence-corrected chi connectivity index (χ0v) is 32.1. The highest BCUT2D eigenvalue weighted by atomic mass is 16.3. The van der Waals surface area contributed by atoms with Crippen molar-refractivity contribution in [2.75, 3.05) is 32.6 Å². The Labute approximate surface area is 318 Å². The molecule has 3 amide bonds. The minimum atomic E-state index is -0.186. The monoisotopic (exact) mass is 723 g/mol. The van der Waals surface area contributed by atoms with Crippen molar-refractivity contribution < 1.29 is 19.5 Å². The molecule has 0 bridgehead atoms. The molecule has 1 N–H and O–H groups in total. The summed E-state index contributed by atoms with van der Waals surface area (Å²) in [5, 5.41) is 9.79. The van der Waals surface area contributed by atoms with Gasteiger partial charge in [0.15, 0.2) is 0 Å². The third-order valence-electron chi connectivity index (χ3n) is 11.2. The lowest BCUT2D eigenvalue weighted by Gasteiger charge is -2.36. The molecule has 0 spiro atoms. The smallest absolute Gasteiger partial charge is 0.259 e. The van der Waals surface area contributed by atoms with Crippen molar-refractivity contribution in [1.82, 2.24) is 19.3 Å². The lowest BCUT2D eigenvalue weighted by molar-refractivity contribution is -0.131. The average Bonchev–Trinajstić information content (AvgIpc) is 3.46. The molecule has 0 saturated heterocycles. The normalized spacial score (nSPS) is 15.2. The second-order valence-corrected chi connectivity index (χ2v) is 15.2. The zero-order valence-electron chi connectivity index (χ0n) is 32.1. The molecule has 5 aromatic rings. The predicted octanol–water partition coefficient (Wildman–Crippen LogP) is 6.76. The van der Waals surface area contributed by atoms with E-state index in [1.54, 1.807) is 36.2 Å². The summed E-state index contributed by atoms with van der Waals surface area (Å²) in [5.41, 5.74) is 10.8. The lowest BCUT2D eigenvalue weighted by Crippen LogP contribution is -2.43. The van der Waals surface area contributed by atoms with E-state index >= 15 is 0 Å². The quantitative estimate of drug-likeness (QED) is 0.191. The van der Waals surface area contributed by atoms with Crippen LogP contribution in [0.5, 0.6) is 5.75 Å². The molecule has 2 aliphatic rings. The van der Waals surface area contributed by atoms with E-state index in [9.17, 15) is 19.5 Å². The van der Waals surface area contributed by atoms with E-state index in [-0.39, 0.29) is 29.5 Å². The molecule has 0 fully saturated rings. The molecule has 0 saturated carbocycles. The highest BCUT2D eigenvalue weighted by Gasteiger charge is 2.32. The van der Waals surface area contributed by atoms with Gasteiger partial charge in [-0.25, -0.2) is 0 Å². The van der Waals surface area contributed by atoms with Crippen LogP contribution in [0, 0.1) is 6.92 Å². The van der Waals surface area contributed by atoms with E-state index in [4.69, 9.17) is 0 Å². The van der Waals surface area contributed by atoms with Gasteiger partial charge in [-0.3, -0.25) is 14.4 Å². The largest absolute Gasteiger partial charge is 0.508 e. The zero-order chi connectivity index (χ0) is 38.3. The standard InChI is InChI=1S/C45H49N5O4/c1-29-21-33-9-7-8-10-35(33)28-50(29)45(54)41-24-36-27-49(43(52)22-31-11-13-32(14-12-31)26-46(3)4)20-19-34(36)23-40(41)42-25-39(30(2)47(42)5)44(53)48(6)37-15-17-38(51)18-16-37/h7-18,23-25,29,51H,19-22,26-28H2,1-6H3/t29-/m1/s1. The Morgan fingerprint density at radius 2 is 1.48 bits per heavy atom. The third kappa shape index (κ3) is 7.28. The van der Waals surface area contributed by atoms with Gasteiger partial charge in [0.2, 0.25) is 5.91 Å². The highest BCUT2D eigenvalue weighted by Crippen LogP contribution is 2.36. The van der Waals surface area contributed by atoms with Crippen LogP contribution in [0.15, 0.2) is 91.0 Å². The predicted molar refractivity (Wildman–Crippen MR) is 213 cm³/mol. The number of benzene rings is 4. The number of phenols is 1. The molecule has 2 aliphatic heterocycles. The molecule has 1 aromatic heterocycles. The van der Waals surface area contributed by atoms with E-state index in [0.717, 1.165) is 52.2 Å². The van der Waals surface area contributed by atoms with Gasteiger partial charge in [0, 0.05) is 74.5 Å². The van der Waals surface area contributed by atoms with Gasteiger partial charge in [-0.05, 0) is 117 Å². The summed E-state index contributed by atoms with van der Waals surface area (Å²) in [6.07, 6.45) is 1.76. The molecular formula is C45H49N5O4. The fourth-order valence-corrected chi connectivity index (χ4v) is 7.88. The number of aromatic nitrogens is 1. The second-order valence-electron chi connectivity index (χ2n) is 15.2. The van der Waals surface area contributed by atoms with E-state index in [0.29, 0.717) is 49.3 Å². The molecular weight excluding hydrogens is 675 g/mol. The van der Waals surface area contributed by atoms with Crippen LogP contribution in [0.4, 0.5) is 5.69 Å². The number of anilines is 1. The van der Waals surface area contributed by atoms with Gasteiger partial charge in [0.1, 0.15) is 5.75 Å². The van der Waals surface area contributed by atoms with Crippen molar-refractivity contribution in [2.24, 2.45) is 7.05 Å². The van der Waals surface area contributed by atoms with Crippen molar-refractivity contribution in [3.63, 3.8) is 0 Å². The number of amides is 3. The second kappa shape index (κ2) is 15.0. The molecule has 0 unspecified atom stereocenters. The van der Waals surface area contributed by atoms with Gasteiger partial charge >= 0.3 is 0 Å². The van der Waals surface area contributed by atoms with Crippen molar-refractivity contribution >= 4 is 23.4 Å². The highest BCUT2D eigenvalue weighted by molar-refractivity contribution is 6.08. The fourth-order valence-electron chi connectivity index (χ4n) is 7.88. The summed E-state index contributed by atoms with van der Waals surface area (Å²) in [6, 6.07) is 29.1. The van der Waals surface area contributed by atoms with Crippen LogP contribution in [0.3, 0.4) is 0 Å². The molecule has 4 aromatic carbocycles. The molecule has 9 nitrogen and oxygen atoms in total. The topological polar surface area (TPSA) is 89.3 Å². The Hall–Kier alpha value is -5.67. The first-order valence-corrected chi connectivity index (χ1v) is 18.7. The first-order valence-electron chi connectivity index (χ1n) is 18.7. The summed E-state index contributed by atoms with van der Waals surface area (Å²) in [4.78, 5) is 50.0. The minimum Gasteiger partial charge on any atom is -0.508 e. The van der Waals surface area contributed by atoms with Crippen LogP contribution < -0.4 is 4.90 Å². The van der Waals surface area contributed by atoms with Crippen LogP contribution in [-0.2, 0) is 50.7 Å². The van der Waals surface area contributed by atoms with Crippen molar-refractivity contribution in [1.29, 1.82) is 0 Å². The number of hydrogen-bond donors (Lipinski definition) is 1. The number of fused-ring (bicyclic) bond motifs is 2. The maximum absolute atomic E-state index is 14.8. The Kier molecular flexibility index (Phi) is 10.2. The van der Waals surface area contributed by atoms with Crippen LogP contribution in [-0.4, -0.2) is 75.8 Å². The Balaban J connectivity index is 1.23. The van der Waals surface area contributed by atoms with E-state index in [1.165, 1.54) is 11.1 Å². The van der Waals surface area contributed by atoms with E-state index in [2.05, 4.69) is 42.2 Å². The van der Waals surface area contributed by atoms with E-state index < -0.39 is 0 Å². The van der Waals surface area contributed by atoms with Crippen molar-refractivity contribution in [3.8, 4) is 17.0 Å². The van der Waals surface area contributed by atoms with Crippen molar-refractivity contribution in [3.05, 3.63) is 141 Å². The number of aromatic hydroxyl groups is 1. The number of phenolic OH excluding ortho intramolecular Hbond substituents is 1. The molecule has 9 heteroatoms. The molecule has 0 aliphatic carbocycles. The molecule has 7 rings (SSSR count). The van der Waals surface area contributed by atoms with Gasteiger partial charge in [-0.15, -0.1) is 0 Å². The van der Waals surface area contributed by atoms with Gasteiger partial charge < -0.3 is 29.3 Å². The first-order chi connectivity index (χ1) is 25.9. The summed E-state index contributed by atoms with van der Waals surface area (Å²) in [7, 11) is 7.73. The summed E-state index contributed by atoms with van der Waals surface area (Å²) < 4.78 is 1.99. The Bertz CT molecular complexity index is 2220. The van der Waals surface area contributed by atoms with Gasteiger partial charge in [-0.1, -0.05) is 48.5 Å². The maximum Gasteiger partial charge on any atom is 0.259 e. The summed E-state index contributed by atoms with van der Waals surface area (Å²) >= 11 is 0. The fraction of sp³-hybridized carbons (Fsp3) is 0.311. The number of hydrogen-bond acceptors (Lipinski definition) is 5. The van der Waals surface area contributed by atoms with Crippen LogP contribution in [0.2, 0.25) is 0 Å². The van der Waals surface area contributed by atoms with Crippen LogP contribution in [0.25, 0.3) is 11.3 Å². The SMILES string of the molecule is Cc1c(C(=O)N(C)c2ccc(O)cc2)cc(-c2cc3c(cc2C(=O)N2Cc4ccccc4C[C@H]2C)CN(C(=O)Cc2ccc(CN(C)C)cc2)CC3)n1C. The van der Waals surface area contributed by atoms with Crippen LogP contribution >= 0.6 is 0 Å².